The van der Waals surface area contributed by atoms with Crippen molar-refractivity contribution in [2.24, 2.45) is 0 Å². The van der Waals surface area contributed by atoms with Gasteiger partial charge in [-0.1, -0.05) is 0 Å². The normalized spacial score (nSPS) is 13.8. The zero-order valence-electron chi connectivity index (χ0n) is 16.9. The van der Waals surface area contributed by atoms with Gasteiger partial charge in [0.05, 0.1) is 17.7 Å². The number of fused-ring (bicyclic) bond motifs is 1. The second kappa shape index (κ2) is 8.48. The van der Waals surface area contributed by atoms with Crippen molar-refractivity contribution in [1.82, 2.24) is 14.5 Å². The van der Waals surface area contributed by atoms with E-state index in [1.54, 1.807) is 35.2 Å². The van der Waals surface area contributed by atoms with Gasteiger partial charge in [-0.05, 0) is 54.8 Å². The molecular weight excluding hydrogens is 420 g/mol. The summed E-state index contributed by atoms with van der Waals surface area (Å²) < 4.78 is 34.5. The van der Waals surface area contributed by atoms with Crippen LogP contribution in [0.15, 0.2) is 62.8 Å². The number of furan rings is 1. The Labute approximate surface area is 179 Å². The van der Waals surface area contributed by atoms with E-state index >= 15 is 0 Å². The molecule has 9 nitrogen and oxygen atoms in total. The zero-order valence-corrected chi connectivity index (χ0v) is 17.8. The van der Waals surface area contributed by atoms with Crippen LogP contribution >= 0.6 is 0 Å². The van der Waals surface area contributed by atoms with Crippen LogP contribution in [0.3, 0.4) is 0 Å². The SMILES string of the molecule is CC(=O)N1CCCc2cc(S(=O)(=O)NCCn3nc(-c4ccco4)ccc3=O)ccc21. The van der Waals surface area contributed by atoms with Crippen LogP contribution in [0.25, 0.3) is 11.5 Å². The average molecular weight is 442 g/mol. The first-order valence-corrected chi connectivity index (χ1v) is 11.4. The summed E-state index contributed by atoms with van der Waals surface area (Å²) in [6, 6.07) is 11.1. The molecule has 0 saturated carbocycles. The Morgan fingerprint density at radius 2 is 2.06 bits per heavy atom. The van der Waals surface area contributed by atoms with E-state index in [-0.39, 0.29) is 29.5 Å². The number of nitrogens with zero attached hydrogens (tertiary/aromatic N) is 3. The number of carbonyl (C=O) groups is 1. The molecule has 0 atom stereocenters. The first kappa shape index (κ1) is 21.0. The van der Waals surface area contributed by atoms with Crippen LogP contribution in [0.2, 0.25) is 0 Å². The molecule has 0 saturated heterocycles. The minimum absolute atomic E-state index is 0.00644. The molecule has 0 aliphatic carbocycles. The Morgan fingerprint density at radius 1 is 1.23 bits per heavy atom. The smallest absolute Gasteiger partial charge is 0.266 e. The molecule has 0 bridgehead atoms. The number of hydrogen-bond acceptors (Lipinski definition) is 6. The lowest BCUT2D eigenvalue weighted by atomic mass is 10.0. The molecule has 3 heterocycles. The second-order valence-corrected chi connectivity index (χ2v) is 8.99. The number of aryl methyl sites for hydroxylation is 1. The van der Waals surface area contributed by atoms with Crippen LogP contribution in [0.5, 0.6) is 0 Å². The number of benzene rings is 1. The highest BCUT2D eigenvalue weighted by Crippen LogP contribution is 2.29. The van der Waals surface area contributed by atoms with Gasteiger partial charge in [-0.3, -0.25) is 9.59 Å². The second-order valence-electron chi connectivity index (χ2n) is 7.22. The van der Waals surface area contributed by atoms with Crippen molar-refractivity contribution in [1.29, 1.82) is 0 Å². The van der Waals surface area contributed by atoms with Crippen LogP contribution in [0.1, 0.15) is 18.9 Å². The van der Waals surface area contributed by atoms with Crippen molar-refractivity contribution < 1.29 is 17.6 Å². The predicted molar refractivity (Wildman–Crippen MR) is 114 cm³/mol. The summed E-state index contributed by atoms with van der Waals surface area (Å²) in [5.41, 5.74) is 1.72. The summed E-state index contributed by atoms with van der Waals surface area (Å²) in [7, 11) is -3.78. The van der Waals surface area contributed by atoms with Gasteiger partial charge in [-0.15, -0.1) is 0 Å². The van der Waals surface area contributed by atoms with Gasteiger partial charge >= 0.3 is 0 Å². The number of anilines is 1. The molecule has 2 aromatic heterocycles. The van der Waals surface area contributed by atoms with E-state index < -0.39 is 10.0 Å². The average Bonchev–Trinajstić information content (AvgIpc) is 3.29. The maximum Gasteiger partial charge on any atom is 0.266 e. The summed E-state index contributed by atoms with van der Waals surface area (Å²) >= 11 is 0. The van der Waals surface area contributed by atoms with Gasteiger partial charge in [0.1, 0.15) is 5.69 Å². The van der Waals surface area contributed by atoms with Crippen LogP contribution < -0.4 is 15.2 Å². The lowest BCUT2D eigenvalue weighted by Gasteiger charge is -2.28. The molecule has 1 N–H and O–H groups in total. The molecule has 0 spiro atoms. The molecule has 162 valence electrons. The maximum absolute atomic E-state index is 12.7. The van der Waals surface area contributed by atoms with Crippen molar-refractivity contribution in [2.75, 3.05) is 18.0 Å². The van der Waals surface area contributed by atoms with E-state index in [4.69, 9.17) is 4.42 Å². The molecule has 1 aromatic carbocycles. The van der Waals surface area contributed by atoms with Crippen LogP contribution in [0, 0.1) is 0 Å². The van der Waals surface area contributed by atoms with E-state index in [1.165, 1.54) is 30.0 Å². The van der Waals surface area contributed by atoms with Gasteiger partial charge in [0, 0.05) is 31.8 Å². The fourth-order valence-electron chi connectivity index (χ4n) is 3.60. The molecule has 3 aromatic rings. The standard InChI is InChI=1S/C21H22N4O5S/c1-15(26)24-11-2-4-16-14-17(6-8-19(16)24)31(28,29)22-10-12-25-21(27)9-7-18(23-25)20-5-3-13-30-20/h3,5-9,13-14,22H,2,4,10-12H2,1H3. The molecule has 10 heteroatoms. The molecule has 1 aliphatic rings. The van der Waals surface area contributed by atoms with Crippen molar-refractivity contribution in [3.63, 3.8) is 0 Å². The number of aromatic nitrogens is 2. The molecule has 4 rings (SSSR count). The van der Waals surface area contributed by atoms with Crippen LogP contribution in [-0.2, 0) is 27.8 Å². The van der Waals surface area contributed by atoms with E-state index in [1.807, 2.05) is 0 Å². The van der Waals surface area contributed by atoms with E-state index in [0.29, 0.717) is 24.4 Å². The highest BCUT2D eigenvalue weighted by atomic mass is 32.2. The third kappa shape index (κ3) is 4.44. The summed E-state index contributed by atoms with van der Waals surface area (Å²) in [6.07, 6.45) is 3.00. The Morgan fingerprint density at radius 3 is 2.81 bits per heavy atom. The van der Waals surface area contributed by atoms with Gasteiger partial charge in [0.15, 0.2) is 5.76 Å². The van der Waals surface area contributed by atoms with Crippen molar-refractivity contribution in [3.05, 3.63) is 64.6 Å². The molecule has 0 radical (unpaired) electrons. The summed E-state index contributed by atoms with van der Waals surface area (Å²) in [5, 5.41) is 4.23. The Kier molecular flexibility index (Phi) is 5.75. The fraction of sp³-hybridized carbons (Fsp3) is 0.286. The fourth-order valence-corrected chi connectivity index (χ4v) is 4.67. The molecular formula is C21H22N4O5S. The number of hydrogen-bond donors (Lipinski definition) is 1. The Bertz CT molecular complexity index is 1270. The first-order chi connectivity index (χ1) is 14.8. The molecule has 1 aliphatic heterocycles. The minimum atomic E-state index is -3.78. The third-order valence-electron chi connectivity index (χ3n) is 5.12. The van der Waals surface area contributed by atoms with Crippen molar-refractivity contribution >= 4 is 21.6 Å². The number of amides is 1. The number of nitrogens with one attached hydrogen (secondary N) is 1. The maximum atomic E-state index is 12.7. The third-order valence-corrected chi connectivity index (χ3v) is 6.57. The predicted octanol–water partition coefficient (Wildman–Crippen LogP) is 1.78. The van der Waals surface area contributed by atoms with Crippen LogP contribution in [-0.4, -0.2) is 37.2 Å². The molecule has 0 unspecified atom stereocenters. The summed E-state index contributed by atoms with van der Waals surface area (Å²) in [4.78, 5) is 25.7. The Hall–Kier alpha value is -3.24. The summed E-state index contributed by atoms with van der Waals surface area (Å²) in [5.74, 6) is 0.451. The van der Waals surface area contributed by atoms with Crippen LogP contribution in [0.4, 0.5) is 5.69 Å². The zero-order chi connectivity index (χ0) is 22.0. The van der Waals surface area contributed by atoms with Crippen molar-refractivity contribution in [2.45, 2.75) is 31.2 Å². The van der Waals surface area contributed by atoms with E-state index in [2.05, 4.69) is 9.82 Å². The lowest BCUT2D eigenvalue weighted by molar-refractivity contribution is -0.116. The number of carbonyl (C=O) groups excluding carboxylic acids is 1. The molecule has 31 heavy (non-hydrogen) atoms. The van der Waals surface area contributed by atoms with Gasteiger partial charge < -0.3 is 9.32 Å². The van der Waals surface area contributed by atoms with Gasteiger partial charge in [0.25, 0.3) is 5.56 Å². The lowest BCUT2D eigenvalue weighted by Crippen LogP contribution is -2.34. The highest BCUT2D eigenvalue weighted by molar-refractivity contribution is 7.89. The molecule has 0 fully saturated rings. The van der Waals surface area contributed by atoms with Crippen molar-refractivity contribution in [3.8, 4) is 11.5 Å². The number of rotatable bonds is 6. The number of sulfonamides is 1. The van der Waals surface area contributed by atoms with E-state index in [9.17, 15) is 18.0 Å². The minimum Gasteiger partial charge on any atom is -0.463 e. The van der Waals surface area contributed by atoms with Gasteiger partial charge in [0.2, 0.25) is 15.9 Å². The summed E-state index contributed by atoms with van der Waals surface area (Å²) in [6.45, 7) is 2.19. The molecule has 1 amide bonds. The first-order valence-electron chi connectivity index (χ1n) is 9.88. The highest BCUT2D eigenvalue weighted by Gasteiger charge is 2.23. The van der Waals surface area contributed by atoms with Gasteiger partial charge in [-0.25, -0.2) is 17.8 Å². The Balaban J connectivity index is 1.47. The van der Waals surface area contributed by atoms with Gasteiger partial charge in [-0.2, -0.15) is 5.10 Å². The largest absolute Gasteiger partial charge is 0.463 e. The topological polar surface area (TPSA) is 115 Å². The monoisotopic (exact) mass is 442 g/mol. The van der Waals surface area contributed by atoms with E-state index in [0.717, 1.165) is 17.7 Å². The quantitative estimate of drug-likeness (QED) is 0.622.